The lowest BCUT2D eigenvalue weighted by Gasteiger charge is -2.26. The predicted octanol–water partition coefficient (Wildman–Crippen LogP) is 3.15. The summed E-state index contributed by atoms with van der Waals surface area (Å²) in [7, 11) is 0. The van der Waals surface area contributed by atoms with E-state index in [0.29, 0.717) is 0 Å². The molecule has 3 nitrogen and oxygen atoms in total. The van der Waals surface area contributed by atoms with Crippen molar-refractivity contribution in [3.8, 4) is 0 Å². The number of nitrogens with zero attached hydrogens (tertiary/aromatic N) is 2. The number of halogens is 1. The maximum absolute atomic E-state index is 6.29. The highest BCUT2D eigenvalue weighted by atomic mass is 35.5. The zero-order valence-electron chi connectivity index (χ0n) is 13.3. The Hall–Kier alpha value is -0.610. The first kappa shape index (κ1) is 16.8. The quantitative estimate of drug-likeness (QED) is 0.840. The maximum atomic E-state index is 6.29. The Balaban J connectivity index is 1.79. The Bertz CT molecular complexity index is 434. The molecule has 2 atom stereocenters. The minimum atomic E-state index is 0.0798. The molecule has 118 valence electrons. The summed E-state index contributed by atoms with van der Waals surface area (Å²) in [6, 6.07) is 8.73. The number of hydrogen-bond acceptors (Lipinski definition) is 3. The van der Waals surface area contributed by atoms with Gasteiger partial charge in [0.2, 0.25) is 0 Å². The molecule has 2 unspecified atom stereocenters. The van der Waals surface area contributed by atoms with E-state index >= 15 is 0 Å². The monoisotopic (exact) mass is 309 g/mol. The van der Waals surface area contributed by atoms with Crippen LogP contribution >= 0.6 is 11.6 Å². The third kappa shape index (κ3) is 4.68. The van der Waals surface area contributed by atoms with Gasteiger partial charge < -0.3 is 10.6 Å². The van der Waals surface area contributed by atoms with Crippen molar-refractivity contribution in [3.63, 3.8) is 0 Å². The van der Waals surface area contributed by atoms with E-state index in [9.17, 15) is 0 Å². The number of likely N-dealkylation sites (tertiary alicyclic amines) is 1. The third-order valence-corrected chi connectivity index (χ3v) is 4.84. The molecular weight excluding hydrogens is 282 g/mol. The third-order valence-electron chi connectivity index (χ3n) is 4.61. The maximum Gasteiger partial charge on any atom is 0.0409 e. The lowest BCUT2D eigenvalue weighted by atomic mass is 10.0. The fourth-order valence-electron chi connectivity index (χ4n) is 3.28. The van der Waals surface area contributed by atoms with Crippen molar-refractivity contribution in [2.75, 3.05) is 32.7 Å². The first-order chi connectivity index (χ1) is 10.1. The normalized spacial score (nSPS) is 21.1. The molecule has 2 rings (SSSR count). The SMILES string of the molecule is CCN(CC)C1CCN(CCC(N)c2cccc(Cl)c2)C1. The summed E-state index contributed by atoms with van der Waals surface area (Å²) in [5.41, 5.74) is 7.43. The van der Waals surface area contributed by atoms with E-state index in [1.54, 1.807) is 0 Å². The topological polar surface area (TPSA) is 32.5 Å². The highest BCUT2D eigenvalue weighted by Gasteiger charge is 2.26. The molecule has 1 fully saturated rings. The second-order valence-electron chi connectivity index (χ2n) is 5.91. The molecule has 1 aromatic carbocycles. The average Bonchev–Trinajstić information content (AvgIpc) is 2.95. The molecule has 0 radical (unpaired) electrons. The second-order valence-corrected chi connectivity index (χ2v) is 6.35. The Kier molecular flexibility index (Phi) is 6.49. The molecule has 1 aromatic rings. The van der Waals surface area contributed by atoms with Crippen molar-refractivity contribution in [1.29, 1.82) is 0 Å². The van der Waals surface area contributed by atoms with Crippen LogP contribution in [0.5, 0.6) is 0 Å². The molecule has 0 saturated carbocycles. The van der Waals surface area contributed by atoms with Crippen LogP contribution in [0.2, 0.25) is 5.02 Å². The summed E-state index contributed by atoms with van der Waals surface area (Å²) in [5, 5.41) is 0.769. The molecule has 4 heteroatoms. The molecular formula is C17H28ClN3. The lowest BCUT2D eigenvalue weighted by Crippen LogP contribution is -2.37. The van der Waals surface area contributed by atoms with Crippen LogP contribution in [0.1, 0.15) is 38.3 Å². The standard InChI is InChI=1S/C17H28ClN3/c1-3-21(4-2)16-8-10-20(13-16)11-9-17(19)14-6-5-7-15(18)12-14/h5-7,12,16-17H,3-4,8-11,13,19H2,1-2H3. The van der Waals surface area contributed by atoms with Crippen molar-refractivity contribution < 1.29 is 0 Å². The van der Waals surface area contributed by atoms with Gasteiger partial charge in [-0.2, -0.15) is 0 Å². The van der Waals surface area contributed by atoms with Crippen LogP contribution in [-0.4, -0.2) is 48.6 Å². The number of nitrogens with two attached hydrogens (primary N) is 1. The Morgan fingerprint density at radius 2 is 2.14 bits per heavy atom. The smallest absolute Gasteiger partial charge is 0.0409 e. The minimum absolute atomic E-state index is 0.0798. The molecule has 1 heterocycles. The lowest BCUT2D eigenvalue weighted by molar-refractivity contribution is 0.209. The second kappa shape index (κ2) is 8.14. The number of benzene rings is 1. The van der Waals surface area contributed by atoms with Crippen LogP contribution in [0, 0.1) is 0 Å². The molecule has 1 aliphatic heterocycles. The largest absolute Gasteiger partial charge is 0.324 e. The van der Waals surface area contributed by atoms with Gasteiger partial charge in [-0.3, -0.25) is 4.90 Å². The first-order valence-corrected chi connectivity index (χ1v) is 8.49. The average molecular weight is 310 g/mol. The van der Waals surface area contributed by atoms with Gasteiger partial charge in [-0.1, -0.05) is 37.6 Å². The number of hydrogen-bond donors (Lipinski definition) is 1. The van der Waals surface area contributed by atoms with Gasteiger partial charge in [0.25, 0.3) is 0 Å². The summed E-state index contributed by atoms with van der Waals surface area (Å²) in [5.74, 6) is 0. The molecule has 0 spiro atoms. The molecule has 0 bridgehead atoms. The Morgan fingerprint density at radius 3 is 2.81 bits per heavy atom. The van der Waals surface area contributed by atoms with Crippen LogP contribution in [0.15, 0.2) is 24.3 Å². The van der Waals surface area contributed by atoms with Gasteiger partial charge in [0.1, 0.15) is 0 Å². The highest BCUT2D eigenvalue weighted by molar-refractivity contribution is 6.30. The van der Waals surface area contributed by atoms with Crippen LogP contribution in [0.4, 0.5) is 0 Å². The Labute approximate surface area is 134 Å². The van der Waals surface area contributed by atoms with Crippen molar-refractivity contribution >= 4 is 11.6 Å². The van der Waals surface area contributed by atoms with Crippen molar-refractivity contribution in [2.24, 2.45) is 5.73 Å². The van der Waals surface area contributed by atoms with Gasteiger partial charge in [0, 0.05) is 30.2 Å². The summed E-state index contributed by atoms with van der Waals surface area (Å²) >= 11 is 6.03. The van der Waals surface area contributed by atoms with Crippen LogP contribution in [0.25, 0.3) is 0 Å². The molecule has 0 amide bonds. The number of rotatable bonds is 7. The zero-order valence-corrected chi connectivity index (χ0v) is 14.0. The molecule has 0 aliphatic carbocycles. The minimum Gasteiger partial charge on any atom is -0.324 e. The van der Waals surface area contributed by atoms with Crippen molar-refractivity contribution in [3.05, 3.63) is 34.9 Å². The summed E-state index contributed by atoms with van der Waals surface area (Å²) in [6.07, 6.45) is 2.28. The Morgan fingerprint density at radius 1 is 1.38 bits per heavy atom. The van der Waals surface area contributed by atoms with Crippen molar-refractivity contribution in [1.82, 2.24) is 9.80 Å². The summed E-state index contributed by atoms with van der Waals surface area (Å²) in [6.45, 7) is 10.3. The van der Waals surface area contributed by atoms with Gasteiger partial charge in [-0.15, -0.1) is 0 Å². The van der Waals surface area contributed by atoms with Crippen LogP contribution in [0.3, 0.4) is 0 Å². The first-order valence-electron chi connectivity index (χ1n) is 8.11. The van der Waals surface area contributed by atoms with Gasteiger partial charge in [0.15, 0.2) is 0 Å². The van der Waals surface area contributed by atoms with Gasteiger partial charge in [-0.05, 0) is 50.2 Å². The van der Waals surface area contributed by atoms with E-state index < -0.39 is 0 Å². The van der Waals surface area contributed by atoms with Crippen molar-refractivity contribution in [2.45, 2.75) is 38.8 Å². The van der Waals surface area contributed by atoms with Gasteiger partial charge >= 0.3 is 0 Å². The highest BCUT2D eigenvalue weighted by Crippen LogP contribution is 2.21. The summed E-state index contributed by atoms with van der Waals surface area (Å²) in [4.78, 5) is 5.12. The molecule has 0 aromatic heterocycles. The van der Waals surface area contributed by atoms with Crippen LogP contribution < -0.4 is 5.73 Å². The van der Waals surface area contributed by atoms with Crippen LogP contribution in [-0.2, 0) is 0 Å². The van der Waals surface area contributed by atoms with E-state index in [-0.39, 0.29) is 6.04 Å². The summed E-state index contributed by atoms with van der Waals surface area (Å²) < 4.78 is 0. The molecule has 1 aliphatic rings. The fraction of sp³-hybridized carbons (Fsp3) is 0.647. The van der Waals surface area contributed by atoms with Gasteiger partial charge in [-0.25, -0.2) is 0 Å². The fourth-order valence-corrected chi connectivity index (χ4v) is 3.48. The van der Waals surface area contributed by atoms with E-state index in [4.69, 9.17) is 17.3 Å². The number of likely N-dealkylation sites (N-methyl/N-ethyl adjacent to an activating group) is 1. The molecule has 2 N–H and O–H groups in total. The van der Waals surface area contributed by atoms with E-state index in [1.807, 2.05) is 18.2 Å². The molecule has 1 saturated heterocycles. The van der Waals surface area contributed by atoms with E-state index in [0.717, 1.165) is 42.7 Å². The van der Waals surface area contributed by atoms with E-state index in [2.05, 4.69) is 29.7 Å². The zero-order chi connectivity index (χ0) is 15.2. The molecule has 21 heavy (non-hydrogen) atoms. The predicted molar refractivity (Wildman–Crippen MR) is 90.8 cm³/mol. The van der Waals surface area contributed by atoms with E-state index in [1.165, 1.54) is 19.5 Å². The van der Waals surface area contributed by atoms with Gasteiger partial charge in [0.05, 0.1) is 0 Å².